The Morgan fingerprint density at radius 2 is 1.29 bits per heavy atom. The van der Waals surface area contributed by atoms with Crippen molar-refractivity contribution in [2.75, 3.05) is 26.4 Å². The molecule has 102 valence electrons. The summed E-state index contributed by atoms with van der Waals surface area (Å²) in [6.07, 6.45) is -4.61. The van der Waals surface area contributed by atoms with Crippen LogP contribution < -0.4 is 0 Å². The molecule has 2 heterocycles. The Balaban J connectivity index is 0.000000172. The summed E-state index contributed by atoms with van der Waals surface area (Å²) in [5.74, 6) is -4.56. The molecule has 8 heteroatoms. The summed E-state index contributed by atoms with van der Waals surface area (Å²) < 4.78 is 69.8. The van der Waals surface area contributed by atoms with Crippen molar-refractivity contribution in [1.29, 1.82) is 0 Å². The highest BCUT2D eigenvalue weighted by Gasteiger charge is 2.53. The normalized spacial score (nSPS) is 27.2. The predicted octanol–water partition coefficient (Wildman–Crippen LogP) is 2.00. The van der Waals surface area contributed by atoms with E-state index >= 15 is 0 Å². The zero-order chi connectivity index (χ0) is 13.1. The average molecular weight is 264 g/mol. The number of hydrogen-bond donors (Lipinski definition) is 0. The van der Waals surface area contributed by atoms with Crippen molar-refractivity contribution in [2.45, 2.75) is 31.2 Å². The van der Waals surface area contributed by atoms with Gasteiger partial charge in [0.2, 0.25) is 0 Å². The number of epoxide rings is 2. The molecule has 0 aliphatic carbocycles. The van der Waals surface area contributed by atoms with Crippen LogP contribution in [0.1, 0.15) is 6.92 Å². The molecule has 3 nitrogen and oxygen atoms in total. The van der Waals surface area contributed by atoms with Gasteiger partial charge in [-0.2, -0.15) is 22.0 Å². The van der Waals surface area contributed by atoms with E-state index in [1.165, 1.54) is 0 Å². The van der Waals surface area contributed by atoms with Gasteiger partial charge in [0.15, 0.2) is 0 Å². The Morgan fingerprint density at radius 1 is 1.00 bits per heavy atom. The number of hydrogen-bond acceptors (Lipinski definition) is 3. The van der Waals surface area contributed by atoms with Gasteiger partial charge in [0.25, 0.3) is 0 Å². The maximum atomic E-state index is 11.1. The van der Waals surface area contributed by atoms with Crippen molar-refractivity contribution >= 4 is 0 Å². The van der Waals surface area contributed by atoms with E-state index in [2.05, 4.69) is 0 Å². The Hall–Kier alpha value is -0.470. The molecule has 2 fully saturated rings. The van der Waals surface area contributed by atoms with E-state index in [-0.39, 0.29) is 6.92 Å². The first kappa shape index (κ1) is 14.6. The number of rotatable bonds is 4. The standard InChI is InChI=1S/C6H10O3.C3H3F5/c1(5-3-8-5)7-2-6-4-9-6;1-2(4,5)3(6,7)8/h5-6H,1-4H2;1H3. The lowest BCUT2D eigenvalue weighted by atomic mass is 10.4. The summed E-state index contributed by atoms with van der Waals surface area (Å²) in [6, 6.07) is 0. The van der Waals surface area contributed by atoms with Crippen LogP contribution in [0.2, 0.25) is 0 Å². The van der Waals surface area contributed by atoms with Crippen molar-refractivity contribution in [1.82, 2.24) is 0 Å². The van der Waals surface area contributed by atoms with Gasteiger partial charge < -0.3 is 14.2 Å². The Bertz CT molecular complexity index is 206. The van der Waals surface area contributed by atoms with Gasteiger partial charge in [-0.25, -0.2) is 0 Å². The maximum absolute atomic E-state index is 11.1. The molecular weight excluding hydrogens is 251 g/mol. The summed E-state index contributed by atoms with van der Waals surface area (Å²) in [7, 11) is 0. The molecule has 0 saturated carbocycles. The molecule has 0 spiro atoms. The third kappa shape index (κ3) is 6.75. The number of halogens is 5. The van der Waals surface area contributed by atoms with Crippen molar-refractivity contribution < 1.29 is 36.2 Å². The van der Waals surface area contributed by atoms with Gasteiger partial charge in [0.05, 0.1) is 26.4 Å². The van der Waals surface area contributed by atoms with Crippen LogP contribution in [0.25, 0.3) is 0 Å². The molecule has 0 aromatic rings. The summed E-state index contributed by atoms with van der Waals surface area (Å²) in [6.45, 7) is 3.07. The van der Waals surface area contributed by atoms with E-state index in [0.717, 1.165) is 26.4 Å². The van der Waals surface area contributed by atoms with E-state index in [4.69, 9.17) is 14.2 Å². The molecule has 2 rings (SSSR count). The van der Waals surface area contributed by atoms with E-state index in [0.29, 0.717) is 12.2 Å². The molecule has 0 bridgehead atoms. The van der Waals surface area contributed by atoms with Crippen LogP contribution in [0, 0.1) is 0 Å². The largest absolute Gasteiger partial charge is 0.452 e. The molecule has 2 aliphatic rings. The van der Waals surface area contributed by atoms with Crippen LogP contribution in [0.5, 0.6) is 0 Å². The van der Waals surface area contributed by atoms with Gasteiger partial charge in [-0.15, -0.1) is 0 Å². The van der Waals surface area contributed by atoms with E-state index in [9.17, 15) is 22.0 Å². The molecule has 0 radical (unpaired) electrons. The average Bonchev–Trinajstić information content (AvgIpc) is 2.95. The third-order valence-electron chi connectivity index (χ3n) is 1.91. The summed E-state index contributed by atoms with van der Waals surface area (Å²) in [4.78, 5) is 0. The molecule has 0 aromatic heterocycles. The topological polar surface area (TPSA) is 34.3 Å². The Kier molecular flexibility index (Phi) is 4.68. The van der Waals surface area contributed by atoms with Gasteiger partial charge in [-0.05, 0) is 0 Å². The molecule has 2 atom stereocenters. The third-order valence-corrected chi connectivity index (χ3v) is 1.91. The smallest absolute Gasteiger partial charge is 0.376 e. The summed E-state index contributed by atoms with van der Waals surface area (Å²) in [5, 5.41) is 0. The second-order valence-electron chi connectivity index (χ2n) is 3.83. The van der Waals surface area contributed by atoms with Crippen molar-refractivity contribution in [2.24, 2.45) is 0 Å². The van der Waals surface area contributed by atoms with Gasteiger partial charge in [0, 0.05) is 6.92 Å². The van der Waals surface area contributed by atoms with Gasteiger partial charge in [-0.3, -0.25) is 0 Å². The first-order valence-electron chi connectivity index (χ1n) is 4.95. The highest BCUT2D eigenvalue weighted by Crippen LogP contribution is 2.34. The van der Waals surface area contributed by atoms with Crippen LogP contribution in [-0.4, -0.2) is 50.7 Å². The fourth-order valence-corrected chi connectivity index (χ4v) is 0.659. The minimum atomic E-state index is -5.40. The number of ether oxygens (including phenoxy) is 3. The van der Waals surface area contributed by atoms with Crippen LogP contribution in [0.4, 0.5) is 22.0 Å². The lowest BCUT2D eigenvalue weighted by Crippen LogP contribution is -2.32. The van der Waals surface area contributed by atoms with Crippen LogP contribution >= 0.6 is 0 Å². The monoisotopic (exact) mass is 264 g/mol. The maximum Gasteiger partial charge on any atom is 0.452 e. The highest BCUT2D eigenvalue weighted by atomic mass is 19.4. The lowest BCUT2D eigenvalue weighted by Gasteiger charge is -2.12. The second-order valence-corrected chi connectivity index (χ2v) is 3.83. The molecule has 2 aliphatic heterocycles. The zero-order valence-electron chi connectivity index (χ0n) is 9.10. The van der Waals surface area contributed by atoms with Gasteiger partial charge in [0.1, 0.15) is 12.2 Å². The minimum Gasteiger partial charge on any atom is -0.376 e. The Labute approximate surface area is 94.8 Å². The molecule has 17 heavy (non-hydrogen) atoms. The predicted molar refractivity (Wildman–Crippen MR) is 47.0 cm³/mol. The molecule has 2 saturated heterocycles. The number of alkyl halides is 5. The molecule has 2 unspecified atom stereocenters. The molecule has 0 aromatic carbocycles. The summed E-state index contributed by atoms with van der Waals surface area (Å²) in [5.41, 5.74) is 0. The summed E-state index contributed by atoms with van der Waals surface area (Å²) >= 11 is 0. The van der Waals surface area contributed by atoms with Crippen molar-refractivity contribution in [3.05, 3.63) is 0 Å². The second kappa shape index (κ2) is 5.45. The van der Waals surface area contributed by atoms with E-state index in [1.54, 1.807) is 0 Å². The zero-order valence-corrected chi connectivity index (χ0v) is 9.10. The lowest BCUT2D eigenvalue weighted by molar-refractivity contribution is -0.273. The van der Waals surface area contributed by atoms with Crippen molar-refractivity contribution in [3.63, 3.8) is 0 Å². The highest BCUT2D eigenvalue weighted by molar-refractivity contribution is 4.71. The van der Waals surface area contributed by atoms with Crippen LogP contribution in [0.3, 0.4) is 0 Å². The first-order chi connectivity index (χ1) is 7.70. The molecular formula is C9H13F5O3. The van der Waals surface area contributed by atoms with E-state index < -0.39 is 12.1 Å². The fraction of sp³-hybridized carbons (Fsp3) is 1.00. The SMILES string of the molecule is C(OCC1CO1)C1CO1.CC(F)(F)C(F)(F)F. The van der Waals surface area contributed by atoms with E-state index in [1.807, 2.05) is 0 Å². The molecule has 0 N–H and O–H groups in total. The quantitative estimate of drug-likeness (QED) is 0.575. The fourth-order valence-electron chi connectivity index (χ4n) is 0.659. The van der Waals surface area contributed by atoms with Gasteiger partial charge in [-0.1, -0.05) is 0 Å². The Morgan fingerprint density at radius 3 is 1.47 bits per heavy atom. The van der Waals surface area contributed by atoms with Crippen LogP contribution in [0.15, 0.2) is 0 Å². The van der Waals surface area contributed by atoms with Crippen LogP contribution in [-0.2, 0) is 14.2 Å². The van der Waals surface area contributed by atoms with Gasteiger partial charge >= 0.3 is 12.1 Å². The van der Waals surface area contributed by atoms with Crippen molar-refractivity contribution in [3.8, 4) is 0 Å². The molecule has 0 amide bonds. The minimum absolute atomic E-state index is 0.188. The first-order valence-corrected chi connectivity index (χ1v) is 4.95.